The van der Waals surface area contributed by atoms with E-state index < -0.39 is 0 Å². The van der Waals surface area contributed by atoms with E-state index in [0.29, 0.717) is 5.56 Å². The average molecular weight is 294 g/mol. The molecule has 0 N–H and O–H groups in total. The average Bonchev–Trinajstić information content (AvgIpc) is 3.00. The van der Waals surface area contributed by atoms with Crippen LogP contribution in [-0.4, -0.2) is 47.0 Å². The fourth-order valence-corrected chi connectivity index (χ4v) is 3.50. The molecule has 5 heteroatoms. The topological polar surface area (TPSA) is 49.3 Å². The Morgan fingerprint density at radius 3 is 2.73 bits per heavy atom. The third-order valence-electron chi connectivity index (χ3n) is 4.66. The molecule has 0 atom stereocenters. The summed E-state index contributed by atoms with van der Waals surface area (Å²) in [4.78, 5) is 25.2. The molecule has 2 fully saturated rings. The third-order valence-corrected chi connectivity index (χ3v) is 4.66. The van der Waals surface area contributed by atoms with Crippen molar-refractivity contribution in [1.82, 2.24) is 14.9 Å². The van der Waals surface area contributed by atoms with Crippen molar-refractivity contribution in [2.45, 2.75) is 6.42 Å². The van der Waals surface area contributed by atoms with Crippen LogP contribution in [0.5, 0.6) is 0 Å². The maximum Gasteiger partial charge on any atom is 0.255 e. The van der Waals surface area contributed by atoms with Crippen molar-refractivity contribution >= 4 is 11.7 Å². The van der Waals surface area contributed by atoms with Crippen molar-refractivity contribution < 1.29 is 4.79 Å². The molecule has 0 saturated carbocycles. The number of rotatable bonds is 2. The lowest BCUT2D eigenvalue weighted by atomic mass is 9.79. The van der Waals surface area contributed by atoms with Crippen LogP contribution in [0, 0.1) is 5.41 Å². The summed E-state index contributed by atoms with van der Waals surface area (Å²) in [5.41, 5.74) is 0.926. The molecule has 4 rings (SSSR count). The smallest absolute Gasteiger partial charge is 0.255 e. The number of amides is 1. The molecule has 4 heterocycles. The van der Waals surface area contributed by atoms with Gasteiger partial charge in [0.2, 0.25) is 0 Å². The number of hydrogen-bond acceptors (Lipinski definition) is 4. The van der Waals surface area contributed by atoms with Gasteiger partial charge in [-0.05, 0) is 30.7 Å². The molecule has 2 aromatic heterocycles. The van der Waals surface area contributed by atoms with E-state index >= 15 is 0 Å². The van der Waals surface area contributed by atoms with Gasteiger partial charge < -0.3 is 9.80 Å². The second kappa shape index (κ2) is 5.09. The first kappa shape index (κ1) is 13.2. The van der Waals surface area contributed by atoms with Crippen LogP contribution in [0.1, 0.15) is 16.8 Å². The third kappa shape index (κ3) is 2.22. The summed E-state index contributed by atoms with van der Waals surface area (Å²) in [6.45, 7) is 3.65. The molecule has 5 nitrogen and oxygen atoms in total. The zero-order chi connectivity index (χ0) is 15.0. The van der Waals surface area contributed by atoms with E-state index in [4.69, 9.17) is 0 Å². The molecular formula is C17H18N4O. The predicted octanol–water partition coefficient (Wildman–Crippen LogP) is 1.83. The first-order chi connectivity index (χ1) is 10.8. The fraction of sp³-hybridized carbons (Fsp3) is 0.353. The summed E-state index contributed by atoms with van der Waals surface area (Å²) in [7, 11) is 0. The summed E-state index contributed by atoms with van der Waals surface area (Å²) < 4.78 is 0. The van der Waals surface area contributed by atoms with Crippen molar-refractivity contribution in [3.8, 4) is 0 Å². The molecule has 1 amide bonds. The number of pyridine rings is 2. The summed E-state index contributed by atoms with van der Waals surface area (Å²) in [5, 5.41) is 0. The van der Waals surface area contributed by atoms with E-state index in [1.165, 1.54) is 0 Å². The van der Waals surface area contributed by atoms with Crippen LogP contribution in [0.3, 0.4) is 0 Å². The highest BCUT2D eigenvalue weighted by Crippen LogP contribution is 2.41. The standard InChI is InChI=1S/C17H18N4O/c22-16(14-4-3-7-18-10-14)20-9-6-17(11-20)12-21(13-17)15-5-1-2-8-19-15/h1-5,7-8,10H,6,9,11-13H2. The largest absolute Gasteiger partial charge is 0.355 e. The highest BCUT2D eigenvalue weighted by Gasteiger charge is 2.49. The van der Waals surface area contributed by atoms with Gasteiger partial charge in [0.05, 0.1) is 5.56 Å². The minimum atomic E-state index is 0.0984. The Morgan fingerprint density at radius 2 is 2.00 bits per heavy atom. The van der Waals surface area contributed by atoms with Crippen LogP contribution in [0.2, 0.25) is 0 Å². The minimum Gasteiger partial charge on any atom is -0.355 e. The molecule has 0 aromatic carbocycles. The highest BCUT2D eigenvalue weighted by molar-refractivity contribution is 5.94. The molecule has 2 aromatic rings. The predicted molar refractivity (Wildman–Crippen MR) is 83.6 cm³/mol. The Hall–Kier alpha value is -2.43. The maximum absolute atomic E-state index is 12.5. The van der Waals surface area contributed by atoms with Crippen LogP contribution in [0.25, 0.3) is 0 Å². The second-order valence-electron chi connectivity index (χ2n) is 6.26. The number of carbonyl (C=O) groups excluding carboxylic acids is 1. The van der Waals surface area contributed by atoms with Crippen molar-refractivity contribution in [2.24, 2.45) is 5.41 Å². The number of aromatic nitrogens is 2. The van der Waals surface area contributed by atoms with Gasteiger partial charge in [0, 0.05) is 50.2 Å². The molecule has 2 aliphatic rings. The van der Waals surface area contributed by atoms with Gasteiger partial charge in [-0.1, -0.05) is 6.07 Å². The van der Waals surface area contributed by atoms with Gasteiger partial charge in [0.1, 0.15) is 5.82 Å². The lowest BCUT2D eigenvalue weighted by Crippen LogP contribution is -2.58. The highest BCUT2D eigenvalue weighted by atomic mass is 16.2. The summed E-state index contributed by atoms with van der Waals surface area (Å²) in [6.07, 6.45) is 6.24. The van der Waals surface area contributed by atoms with E-state index in [1.54, 1.807) is 12.4 Å². The fourth-order valence-electron chi connectivity index (χ4n) is 3.50. The zero-order valence-corrected chi connectivity index (χ0v) is 12.4. The molecule has 112 valence electrons. The number of nitrogens with zero attached hydrogens (tertiary/aromatic N) is 4. The number of anilines is 1. The molecule has 0 bridgehead atoms. The van der Waals surface area contributed by atoms with Crippen LogP contribution in [-0.2, 0) is 0 Å². The molecule has 1 spiro atoms. The van der Waals surface area contributed by atoms with E-state index in [-0.39, 0.29) is 11.3 Å². The minimum absolute atomic E-state index is 0.0984. The van der Waals surface area contributed by atoms with E-state index in [0.717, 1.165) is 38.4 Å². The first-order valence-electron chi connectivity index (χ1n) is 7.61. The molecule has 22 heavy (non-hydrogen) atoms. The van der Waals surface area contributed by atoms with Crippen LogP contribution < -0.4 is 4.90 Å². The van der Waals surface area contributed by atoms with E-state index in [2.05, 4.69) is 14.9 Å². The molecular weight excluding hydrogens is 276 g/mol. The SMILES string of the molecule is O=C(c1cccnc1)N1CCC2(C1)CN(c1ccccn1)C2. The Morgan fingerprint density at radius 1 is 1.09 bits per heavy atom. The summed E-state index contributed by atoms with van der Waals surface area (Å²) in [5.74, 6) is 1.13. The van der Waals surface area contributed by atoms with Gasteiger partial charge in [0.15, 0.2) is 0 Å². The van der Waals surface area contributed by atoms with Crippen molar-refractivity contribution in [3.63, 3.8) is 0 Å². The number of hydrogen-bond donors (Lipinski definition) is 0. The van der Waals surface area contributed by atoms with Gasteiger partial charge >= 0.3 is 0 Å². The normalized spacial score (nSPS) is 19.3. The second-order valence-corrected chi connectivity index (χ2v) is 6.26. The monoisotopic (exact) mass is 294 g/mol. The Bertz CT molecular complexity index is 668. The van der Waals surface area contributed by atoms with Gasteiger partial charge in [-0.2, -0.15) is 0 Å². The van der Waals surface area contributed by atoms with Gasteiger partial charge in [0.25, 0.3) is 5.91 Å². The molecule has 0 unspecified atom stereocenters. The summed E-state index contributed by atoms with van der Waals surface area (Å²) in [6, 6.07) is 9.63. The van der Waals surface area contributed by atoms with Crippen molar-refractivity contribution in [2.75, 3.05) is 31.1 Å². The van der Waals surface area contributed by atoms with Gasteiger partial charge in [-0.3, -0.25) is 9.78 Å². The molecule has 0 radical (unpaired) electrons. The number of carbonyl (C=O) groups is 1. The van der Waals surface area contributed by atoms with Crippen LogP contribution in [0.15, 0.2) is 48.9 Å². The van der Waals surface area contributed by atoms with E-state index in [9.17, 15) is 4.79 Å². The van der Waals surface area contributed by atoms with Crippen LogP contribution in [0.4, 0.5) is 5.82 Å². The molecule has 2 aliphatic heterocycles. The van der Waals surface area contributed by atoms with E-state index in [1.807, 2.05) is 41.4 Å². The first-order valence-corrected chi connectivity index (χ1v) is 7.61. The molecule has 2 saturated heterocycles. The quantitative estimate of drug-likeness (QED) is 0.848. The van der Waals surface area contributed by atoms with Gasteiger partial charge in [-0.15, -0.1) is 0 Å². The lowest BCUT2D eigenvalue weighted by molar-refractivity contribution is 0.0762. The van der Waals surface area contributed by atoms with Crippen LogP contribution >= 0.6 is 0 Å². The van der Waals surface area contributed by atoms with Gasteiger partial charge in [-0.25, -0.2) is 4.98 Å². The Kier molecular flexibility index (Phi) is 3.06. The molecule has 0 aliphatic carbocycles. The number of likely N-dealkylation sites (tertiary alicyclic amines) is 1. The zero-order valence-electron chi connectivity index (χ0n) is 12.4. The Labute approximate surface area is 129 Å². The van der Waals surface area contributed by atoms with Crippen molar-refractivity contribution in [1.29, 1.82) is 0 Å². The summed E-state index contributed by atoms with van der Waals surface area (Å²) >= 11 is 0. The van der Waals surface area contributed by atoms with Crippen molar-refractivity contribution in [3.05, 3.63) is 54.5 Å². The maximum atomic E-state index is 12.5. The Balaban J connectivity index is 1.41. The lowest BCUT2D eigenvalue weighted by Gasteiger charge is -2.48.